The topological polar surface area (TPSA) is 50.7 Å². The second-order valence-electron chi connectivity index (χ2n) is 6.63. The molecule has 4 heteroatoms. The van der Waals surface area contributed by atoms with Crippen LogP contribution in [0.4, 0.5) is 0 Å². The molecule has 1 rings (SSSR count). The Morgan fingerprint density at radius 3 is 2.50 bits per heavy atom. The van der Waals surface area contributed by atoms with Crippen LogP contribution in [-0.2, 0) is 9.47 Å². The summed E-state index contributed by atoms with van der Waals surface area (Å²) in [5.74, 6) is 0. The van der Waals surface area contributed by atoms with Crippen molar-refractivity contribution < 1.29 is 14.6 Å². The van der Waals surface area contributed by atoms with E-state index in [0.717, 1.165) is 32.6 Å². The molecule has 1 heterocycles. The van der Waals surface area contributed by atoms with E-state index in [1.807, 2.05) is 20.8 Å². The van der Waals surface area contributed by atoms with Crippen molar-refractivity contribution in [3.63, 3.8) is 0 Å². The molecule has 108 valence electrons. The van der Waals surface area contributed by atoms with Crippen molar-refractivity contribution in [2.24, 2.45) is 5.41 Å². The number of aliphatic hydroxyl groups excluding tert-OH is 1. The van der Waals surface area contributed by atoms with E-state index >= 15 is 0 Å². The van der Waals surface area contributed by atoms with Crippen molar-refractivity contribution >= 4 is 0 Å². The fourth-order valence-corrected chi connectivity index (χ4v) is 1.99. The van der Waals surface area contributed by atoms with Gasteiger partial charge in [-0.3, -0.25) is 0 Å². The zero-order valence-corrected chi connectivity index (χ0v) is 12.3. The van der Waals surface area contributed by atoms with Crippen molar-refractivity contribution in [3.05, 3.63) is 0 Å². The predicted molar refractivity (Wildman–Crippen MR) is 72.7 cm³/mol. The molecule has 1 fully saturated rings. The summed E-state index contributed by atoms with van der Waals surface area (Å²) in [6.45, 7) is 11.9. The molecule has 1 saturated heterocycles. The maximum absolute atomic E-state index is 9.81. The van der Waals surface area contributed by atoms with Gasteiger partial charge in [0.2, 0.25) is 0 Å². The van der Waals surface area contributed by atoms with Gasteiger partial charge in [-0.05, 0) is 39.0 Å². The minimum absolute atomic E-state index is 0.187. The smallest absolute Gasteiger partial charge is 0.0897 e. The molecular formula is C14H29NO3. The van der Waals surface area contributed by atoms with Crippen molar-refractivity contribution in [1.29, 1.82) is 0 Å². The standard InChI is InChI=1S/C14H29NO3/c1-13(2,3)18-10-12(16)9-15-11-14(4)5-7-17-8-6-14/h12,15-16H,5-11H2,1-4H3. The van der Waals surface area contributed by atoms with Gasteiger partial charge in [0.25, 0.3) is 0 Å². The highest BCUT2D eigenvalue weighted by Crippen LogP contribution is 2.28. The summed E-state index contributed by atoms with van der Waals surface area (Å²) in [6, 6.07) is 0. The predicted octanol–water partition coefficient (Wildman–Crippen LogP) is 1.57. The zero-order valence-electron chi connectivity index (χ0n) is 12.3. The third-order valence-electron chi connectivity index (χ3n) is 3.34. The lowest BCUT2D eigenvalue weighted by atomic mass is 9.82. The first-order valence-electron chi connectivity index (χ1n) is 6.91. The summed E-state index contributed by atoms with van der Waals surface area (Å²) in [7, 11) is 0. The monoisotopic (exact) mass is 259 g/mol. The second-order valence-corrected chi connectivity index (χ2v) is 6.63. The minimum atomic E-state index is -0.437. The summed E-state index contributed by atoms with van der Waals surface area (Å²) in [5.41, 5.74) is 0.122. The summed E-state index contributed by atoms with van der Waals surface area (Å²) in [6.07, 6.45) is 1.75. The Kier molecular flexibility index (Phi) is 6.05. The maximum Gasteiger partial charge on any atom is 0.0897 e. The Morgan fingerprint density at radius 1 is 1.33 bits per heavy atom. The van der Waals surface area contributed by atoms with Gasteiger partial charge in [0.05, 0.1) is 18.3 Å². The first kappa shape index (κ1) is 15.9. The average Bonchev–Trinajstić information content (AvgIpc) is 2.26. The van der Waals surface area contributed by atoms with Crippen LogP contribution in [0.15, 0.2) is 0 Å². The van der Waals surface area contributed by atoms with E-state index in [2.05, 4.69) is 12.2 Å². The molecule has 0 aromatic carbocycles. The zero-order chi connectivity index (χ0) is 13.6. The van der Waals surface area contributed by atoms with E-state index in [0.29, 0.717) is 18.6 Å². The molecular weight excluding hydrogens is 230 g/mol. The Balaban J connectivity index is 2.13. The second kappa shape index (κ2) is 6.85. The molecule has 0 aromatic rings. The number of hydrogen-bond donors (Lipinski definition) is 2. The van der Waals surface area contributed by atoms with Gasteiger partial charge >= 0.3 is 0 Å². The van der Waals surface area contributed by atoms with Gasteiger partial charge < -0.3 is 19.9 Å². The number of ether oxygens (including phenoxy) is 2. The molecule has 2 N–H and O–H groups in total. The lowest BCUT2D eigenvalue weighted by Crippen LogP contribution is -2.41. The first-order valence-corrected chi connectivity index (χ1v) is 6.91. The lowest BCUT2D eigenvalue weighted by molar-refractivity contribution is -0.0489. The molecule has 1 aliphatic rings. The van der Waals surface area contributed by atoms with Crippen LogP contribution in [-0.4, -0.2) is 49.7 Å². The van der Waals surface area contributed by atoms with E-state index in [1.165, 1.54) is 0 Å². The van der Waals surface area contributed by atoms with Gasteiger partial charge in [0, 0.05) is 26.3 Å². The van der Waals surface area contributed by atoms with Crippen LogP contribution in [0, 0.1) is 5.41 Å². The minimum Gasteiger partial charge on any atom is -0.389 e. The molecule has 1 unspecified atom stereocenters. The molecule has 0 aromatic heterocycles. The number of aliphatic hydroxyl groups is 1. The van der Waals surface area contributed by atoms with Crippen LogP contribution in [0.2, 0.25) is 0 Å². The van der Waals surface area contributed by atoms with Gasteiger partial charge in [-0.15, -0.1) is 0 Å². The van der Waals surface area contributed by atoms with Crippen LogP contribution in [0.5, 0.6) is 0 Å². The third kappa shape index (κ3) is 6.69. The van der Waals surface area contributed by atoms with Gasteiger partial charge in [-0.1, -0.05) is 6.92 Å². The Labute approximate surface area is 111 Å². The quantitative estimate of drug-likeness (QED) is 0.760. The largest absolute Gasteiger partial charge is 0.389 e. The van der Waals surface area contributed by atoms with E-state index in [9.17, 15) is 5.11 Å². The summed E-state index contributed by atoms with van der Waals surface area (Å²) in [5, 5.41) is 13.2. The van der Waals surface area contributed by atoms with E-state index in [1.54, 1.807) is 0 Å². The molecule has 0 amide bonds. The Morgan fingerprint density at radius 2 is 1.94 bits per heavy atom. The molecule has 0 spiro atoms. The van der Waals surface area contributed by atoms with E-state index in [4.69, 9.17) is 9.47 Å². The van der Waals surface area contributed by atoms with Crippen LogP contribution >= 0.6 is 0 Å². The SMILES string of the molecule is CC1(CNCC(O)COC(C)(C)C)CCOCC1. The highest BCUT2D eigenvalue weighted by atomic mass is 16.5. The number of rotatable bonds is 6. The molecule has 0 bridgehead atoms. The Hall–Kier alpha value is -0.160. The fraction of sp³-hybridized carbons (Fsp3) is 1.00. The summed E-state index contributed by atoms with van der Waals surface area (Å²) < 4.78 is 10.9. The number of hydrogen-bond acceptors (Lipinski definition) is 4. The first-order chi connectivity index (χ1) is 8.31. The highest BCUT2D eigenvalue weighted by molar-refractivity contribution is 4.80. The van der Waals surface area contributed by atoms with Gasteiger partial charge in [0.15, 0.2) is 0 Å². The molecule has 1 atom stereocenters. The molecule has 0 radical (unpaired) electrons. The average molecular weight is 259 g/mol. The summed E-state index contributed by atoms with van der Waals surface area (Å²) >= 11 is 0. The van der Waals surface area contributed by atoms with E-state index in [-0.39, 0.29) is 5.60 Å². The molecule has 18 heavy (non-hydrogen) atoms. The van der Waals surface area contributed by atoms with E-state index < -0.39 is 6.10 Å². The van der Waals surface area contributed by atoms with Gasteiger partial charge in [0.1, 0.15) is 0 Å². The fourth-order valence-electron chi connectivity index (χ4n) is 1.99. The van der Waals surface area contributed by atoms with Crippen LogP contribution in [0.3, 0.4) is 0 Å². The Bertz CT molecular complexity index is 232. The summed E-state index contributed by atoms with van der Waals surface area (Å²) in [4.78, 5) is 0. The molecule has 4 nitrogen and oxygen atoms in total. The van der Waals surface area contributed by atoms with Crippen molar-refractivity contribution in [2.75, 3.05) is 32.9 Å². The van der Waals surface area contributed by atoms with Gasteiger partial charge in [-0.25, -0.2) is 0 Å². The highest BCUT2D eigenvalue weighted by Gasteiger charge is 2.27. The third-order valence-corrected chi connectivity index (χ3v) is 3.34. The lowest BCUT2D eigenvalue weighted by Gasteiger charge is -2.34. The normalized spacial score (nSPS) is 21.8. The molecule has 0 aliphatic carbocycles. The van der Waals surface area contributed by atoms with Crippen LogP contribution in [0.1, 0.15) is 40.5 Å². The molecule has 0 saturated carbocycles. The van der Waals surface area contributed by atoms with Crippen molar-refractivity contribution in [1.82, 2.24) is 5.32 Å². The van der Waals surface area contributed by atoms with Crippen LogP contribution < -0.4 is 5.32 Å². The number of nitrogens with one attached hydrogen (secondary N) is 1. The van der Waals surface area contributed by atoms with Crippen LogP contribution in [0.25, 0.3) is 0 Å². The maximum atomic E-state index is 9.81. The van der Waals surface area contributed by atoms with Crippen molar-refractivity contribution in [3.8, 4) is 0 Å². The van der Waals surface area contributed by atoms with Crippen molar-refractivity contribution in [2.45, 2.75) is 52.2 Å². The molecule has 1 aliphatic heterocycles. The van der Waals surface area contributed by atoms with Gasteiger partial charge in [-0.2, -0.15) is 0 Å².